The molecule has 7 nitrogen and oxygen atoms in total. The fourth-order valence-corrected chi connectivity index (χ4v) is 2.25. The molecule has 1 aliphatic carbocycles. The van der Waals surface area contributed by atoms with Crippen LogP contribution in [-0.2, 0) is 18.4 Å². The zero-order valence-electron chi connectivity index (χ0n) is 11.9. The average molecular weight is 280 g/mol. The van der Waals surface area contributed by atoms with Crippen LogP contribution in [0.3, 0.4) is 0 Å². The van der Waals surface area contributed by atoms with Gasteiger partial charge >= 0.3 is 12.0 Å². The molecular weight excluding hydrogens is 260 g/mol. The molecule has 1 aliphatic rings. The maximum absolute atomic E-state index is 11.8. The van der Waals surface area contributed by atoms with Crippen molar-refractivity contribution >= 4 is 12.0 Å². The third-order valence-corrected chi connectivity index (χ3v) is 3.73. The van der Waals surface area contributed by atoms with Gasteiger partial charge in [-0.2, -0.15) is 5.10 Å². The number of urea groups is 1. The van der Waals surface area contributed by atoms with Crippen LogP contribution in [0, 0.1) is 19.8 Å². The van der Waals surface area contributed by atoms with Crippen molar-refractivity contribution < 1.29 is 14.7 Å². The second kappa shape index (κ2) is 5.52. The summed E-state index contributed by atoms with van der Waals surface area (Å²) in [5, 5.41) is 18.5. The molecule has 1 fully saturated rings. The molecule has 1 aromatic heterocycles. The molecule has 2 rings (SSSR count). The normalized spacial score (nSPS) is 15.8. The molecule has 0 radical (unpaired) electrons. The molecule has 0 spiro atoms. The molecule has 1 aromatic rings. The van der Waals surface area contributed by atoms with Gasteiger partial charge < -0.3 is 15.7 Å². The van der Waals surface area contributed by atoms with E-state index in [1.165, 1.54) is 0 Å². The fraction of sp³-hybridized carbons (Fsp3) is 0.615. The first-order valence-electron chi connectivity index (χ1n) is 6.66. The van der Waals surface area contributed by atoms with Crippen LogP contribution in [0.4, 0.5) is 4.79 Å². The molecule has 1 atom stereocenters. The number of aryl methyl sites for hydroxylation is 2. The van der Waals surface area contributed by atoms with Crippen LogP contribution in [0.25, 0.3) is 0 Å². The van der Waals surface area contributed by atoms with Gasteiger partial charge in [-0.15, -0.1) is 0 Å². The Labute approximate surface area is 117 Å². The molecule has 1 unspecified atom stereocenters. The topological polar surface area (TPSA) is 96.3 Å². The highest BCUT2D eigenvalue weighted by molar-refractivity contribution is 5.83. The van der Waals surface area contributed by atoms with Gasteiger partial charge in [0.05, 0.1) is 5.69 Å². The largest absolute Gasteiger partial charge is 0.480 e. The SMILES string of the molecule is Cc1nn(C)c(C)c1CNC(=O)NC(C(=O)O)C1CC1. The summed E-state index contributed by atoms with van der Waals surface area (Å²) < 4.78 is 1.76. The number of hydrogen-bond acceptors (Lipinski definition) is 3. The summed E-state index contributed by atoms with van der Waals surface area (Å²) in [5.41, 5.74) is 2.81. The number of nitrogens with one attached hydrogen (secondary N) is 2. The second-order valence-corrected chi connectivity index (χ2v) is 5.25. The summed E-state index contributed by atoms with van der Waals surface area (Å²) in [5.74, 6) is -0.906. The summed E-state index contributed by atoms with van der Waals surface area (Å²) in [6.45, 7) is 4.15. The van der Waals surface area contributed by atoms with Crippen LogP contribution in [0.1, 0.15) is 29.8 Å². The summed E-state index contributed by atoms with van der Waals surface area (Å²) in [4.78, 5) is 22.8. The first kappa shape index (κ1) is 14.4. The number of carbonyl (C=O) groups is 2. The van der Waals surface area contributed by atoms with E-state index in [2.05, 4.69) is 15.7 Å². The number of hydrogen-bond donors (Lipinski definition) is 3. The Morgan fingerprint density at radius 1 is 1.45 bits per heavy atom. The molecule has 2 amide bonds. The van der Waals surface area contributed by atoms with E-state index in [0.29, 0.717) is 6.54 Å². The molecule has 1 heterocycles. The van der Waals surface area contributed by atoms with Crippen molar-refractivity contribution in [1.29, 1.82) is 0 Å². The maximum atomic E-state index is 11.8. The van der Waals surface area contributed by atoms with E-state index in [9.17, 15) is 9.59 Å². The van der Waals surface area contributed by atoms with Crippen molar-refractivity contribution in [1.82, 2.24) is 20.4 Å². The summed E-state index contributed by atoms with van der Waals surface area (Å²) in [6.07, 6.45) is 1.72. The lowest BCUT2D eigenvalue weighted by Gasteiger charge is -2.14. The monoisotopic (exact) mass is 280 g/mol. The van der Waals surface area contributed by atoms with Crippen LogP contribution >= 0.6 is 0 Å². The molecule has 0 aliphatic heterocycles. The number of carbonyl (C=O) groups excluding carboxylic acids is 1. The van der Waals surface area contributed by atoms with E-state index in [0.717, 1.165) is 29.8 Å². The third-order valence-electron chi connectivity index (χ3n) is 3.73. The first-order chi connectivity index (χ1) is 9.40. The van der Waals surface area contributed by atoms with Crippen molar-refractivity contribution in [2.24, 2.45) is 13.0 Å². The molecule has 0 aromatic carbocycles. The standard InChI is InChI=1S/C13H20N4O3/c1-7-10(8(2)17(3)16-7)6-14-13(20)15-11(12(18)19)9-4-5-9/h9,11H,4-6H2,1-3H3,(H,18,19)(H2,14,15,20). The zero-order chi connectivity index (χ0) is 14.9. The molecule has 3 N–H and O–H groups in total. The van der Waals surface area contributed by atoms with Crippen molar-refractivity contribution in [3.63, 3.8) is 0 Å². The van der Waals surface area contributed by atoms with E-state index < -0.39 is 18.0 Å². The summed E-state index contributed by atoms with van der Waals surface area (Å²) in [6, 6.07) is -1.24. The number of carboxylic acid groups (broad SMARTS) is 1. The number of amides is 2. The minimum atomic E-state index is -0.976. The van der Waals surface area contributed by atoms with Crippen LogP contribution in [-0.4, -0.2) is 32.9 Å². The van der Waals surface area contributed by atoms with Crippen LogP contribution in [0.15, 0.2) is 0 Å². The zero-order valence-corrected chi connectivity index (χ0v) is 11.9. The van der Waals surface area contributed by atoms with Crippen molar-refractivity contribution in [3.8, 4) is 0 Å². The summed E-state index contributed by atoms with van der Waals surface area (Å²) in [7, 11) is 1.85. The molecule has 20 heavy (non-hydrogen) atoms. The van der Waals surface area contributed by atoms with Crippen molar-refractivity contribution in [2.75, 3.05) is 0 Å². The lowest BCUT2D eigenvalue weighted by atomic mass is 10.2. The first-order valence-corrected chi connectivity index (χ1v) is 6.66. The highest BCUT2D eigenvalue weighted by Crippen LogP contribution is 2.32. The lowest BCUT2D eigenvalue weighted by Crippen LogP contribution is -2.47. The van der Waals surface area contributed by atoms with Gasteiger partial charge in [-0.1, -0.05) is 0 Å². The molecule has 1 saturated carbocycles. The quantitative estimate of drug-likeness (QED) is 0.739. The molecule has 0 bridgehead atoms. The Bertz CT molecular complexity index is 534. The lowest BCUT2D eigenvalue weighted by molar-refractivity contribution is -0.139. The summed E-state index contributed by atoms with van der Waals surface area (Å²) >= 11 is 0. The van der Waals surface area contributed by atoms with E-state index >= 15 is 0 Å². The minimum absolute atomic E-state index is 0.0696. The van der Waals surface area contributed by atoms with Gasteiger partial charge in [0.25, 0.3) is 0 Å². The van der Waals surface area contributed by atoms with Gasteiger partial charge in [0.1, 0.15) is 6.04 Å². The average Bonchev–Trinajstić information content (AvgIpc) is 3.15. The smallest absolute Gasteiger partial charge is 0.326 e. The Kier molecular flexibility index (Phi) is 3.96. The number of nitrogens with zero attached hydrogens (tertiary/aromatic N) is 2. The number of aromatic nitrogens is 2. The van der Waals surface area contributed by atoms with Gasteiger partial charge in [0, 0.05) is 24.8 Å². The Hall–Kier alpha value is -2.05. The highest BCUT2D eigenvalue weighted by atomic mass is 16.4. The Morgan fingerprint density at radius 2 is 2.10 bits per heavy atom. The van der Waals surface area contributed by atoms with Gasteiger partial charge in [-0.05, 0) is 32.6 Å². The van der Waals surface area contributed by atoms with Crippen molar-refractivity contribution in [2.45, 2.75) is 39.3 Å². The van der Waals surface area contributed by atoms with Gasteiger partial charge in [-0.25, -0.2) is 9.59 Å². The van der Waals surface area contributed by atoms with E-state index in [1.54, 1.807) is 4.68 Å². The fourth-order valence-electron chi connectivity index (χ4n) is 2.25. The molecule has 7 heteroatoms. The predicted octanol–water partition coefficient (Wildman–Crippen LogP) is 0.699. The van der Waals surface area contributed by atoms with E-state index in [-0.39, 0.29) is 5.92 Å². The van der Waals surface area contributed by atoms with Crippen LogP contribution in [0.2, 0.25) is 0 Å². The predicted molar refractivity (Wildman–Crippen MR) is 72.2 cm³/mol. The molecular formula is C13H20N4O3. The van der Waals surface area contributed by atoms with Gasteiger partial charge in [0.2, 0.25) is 0 Å². The van der Waals surface area contributed by atoms with E-state index in [4.69, 9.17) is 5.11 Å². The van der Waals surface area contributed by atoms with Crippen LogP contribution in [0.5, 0.6) is 0 Å². The number of aliphatic carboxylic acids is 1. The third kappa shape index (κ3) is 3.09. The number of rotatable bonds is 5. The van der Waals surface area contributed by atoms with Crippen molar-refractivity contribution in [3.05, 3.63) is 17.0 Å². The van der Waals surface area contributed by atoms with Gasteiger partial charge in [-0.3, -0.25) is 4.68 Å². The van der Waals surface area contributed by atoms with Gasteiger partial charge in [0.15, 0.2) is 0 Å². The molecule has 0 saturated heterocycles. The van der Waals surface area contributed by atoms with Crippen LogP contribution < -0.4 is 10.6 Å². The minimum Gasteiger partial charge on any atom is -0.480 e. The second-order valence-electron chi connectivity index (χ2n) is 5.25. The highest BCUT2D eigenvalue weighted by Gasteiger charge is 2.37. The Balaban J connectivity index is 1.90. The Morgan fingerprint density at radius 3 is 2.55 bits per heavy atom. The molecule has 110 valence electrons. The number of carboxylic acids is 1. The maximum Gasteiger partial charge on any atom is 0.326 e. The van der Waals surface area contributed by atoms with E-state index in [1.807, 2.05) is 20.9 Å².